The molecule has 0 amide bonds. The van der Waals surface area contributed by atoms with E-state index in [1.54, 1.807) is 0 Å². The van der Waals surface area contributed by atoms with Crippen LogP contribution in [0, 0.1) is 5.92 Å². The van der Waals surface area contributed by atoms with Gasteiger partial charge in [-0.05, 0) is 37.2 Å². The van der Waals surface area contributed by atoms with Crippen LogP contribution >= 0.6 is 11.8 Å². The molecule has 0 aromatic rings. The average molecular weight is 146 g/mol. The fourth-order valence-electron chi connectivity index (χ4n) is 1.15. The SMILES string of the molecule is C[C@H](O)C1CCCSC1. The Hall–Kier alpha value is 0.310. The zero-order valence-corrected chi connectivity index (χ0v) is 6.66. The normalized spacial score (nSPS) is 32.0. The lowest BCUT2D eigenvalue weighted by atomic mass is 10.0. The average Bonchev–Trinajstić information content (AvgIpc) is 1.90. The third-order valence-electron chi connectivity index (χ3n) is 1.88. The van der Waals surface area contributed by atoms with E-state index < -0.39 is 0 Å². The predicted octanol–water partition coefficient (Wildman–Crippen LogP) is 1.51. The molecule has 1 nitrogen and oxygen atoms in total. The van der Waals surface area contributed by atoms with Crippen molar-refractivity contribution in [2.75, 3.05) is 11.5 Å². The molecular weight excluding hydrogens is 132 g/mol. The van der Waals surface area contributed by atoms with E-state index in [1.807, 2.05) is 18.7 Å². The van der Waals surface area contributed by atoms with Gasteiger partial charge in [0.05, 0.1) is 6.10 Å². The van der Waals surface area contributed by atoms with Crippen molar-refractivity contribution >= 4 is 11.8 Å². The first-order valence-electron chi connectivity index (χ1n) is 3.56. The van der Waals surface area contributed by atoms with Gasteiger partial charge >= 0.3 is 0 Å². The molecule has 1 unspecified atom stereocenters. The first kappa shape index (κ1) is 7.42. The molecular formula is C7H14OS. The number of thioether (sulfide) groups is 1. The van der Waals surface area contributed by atoms with E-state index in [0.29, 0.717) is 5.92 Å². The first-order chi connectivity index (χ1) is 4.30. The van der Waals surface area contributed by atoms with Gasteiger partial charge in [0.15, 0.2) is 0 Å². The lowest BCUT2D eigenvalue weighted by Gasteiger charge is -2.23. The van der Waals surface area contributed by atoms with Crippen molar-refractivity contribution in [1.29, 1.82) is 0 Å². The first-order valence-corrected chi connectivity index (χ1v) is 4.72. The smallest absolute Gasteiger partial charge is 0.0548 e. The van der Waals surface area contributed by atoms with Gasteiger partial charge < -0.3 is 5.11 Å². The summed E-state index contributed by atoms with van der Waals surface area (Å²) >= 11 is 1.97. The van der Waals surface area contributed by atoms with Crippen molar-refractivity contribution in [3.63, 3.8) is 0 Å². The van der Waals surface area contributed by atoms with E-state index >= 15 is 0 Å². The Morgan fingerprint density at radius 3 is 2.78 bits per heavy atom. The molecule has 9 heavy (non-hydrogen) atoms. The van der Waals surface area contributed by atoms with Crippen molar-refractivity contribution in [3.05, 3.63) is 0 Å². The second-order valence-corrected chi connectivity index (χ2v) is 3.87. The fourth-order valence-corrected chi connectivity index (χ4v) is 2.43. The predicted molar refractivity (Wildman–Crippen MR) is 41.7 cm³/mol. The monoisotopic (exact) mass is 146 g/mol. The maximum Gasteiger partial charge on any atom is 0.0548 e. The van der Waals surface area contributed by atoms with E-state index in [1.165, 1.54) is 18.6 Å². The molecule has 0 saturated carbocycles. The molecule has 0 radical (unpaired) electrons. The summed E-state index contributed by atoms with van der Waals surface area (Å²) in [5.41, 5.74) is 0. The topological polar surface area (TPSA) is 20.2 Å². The van der Waals surface area contributed by atoms with E-state index in [-0.39, 0.29) is 6.10 Å². The molecule has 1 rings (SSSR count). The second kappa shape index (κ2) is 3.47. The standard InChI is InChI=1S/C7H14OS/c1-6(8)7-3-2-4-9-5-7/h6-8H,2-5H2,1H3/t6-,7?/m0/s1. The Kier molecular flexibility index (Phi) is 2.86. The molecule has 1 aliphatic rings. The molecule has 1 N–H and O–H groups in total. The Labute approximate surface area is 60.8 Å². The highest BCUT2D eigenvalue weighted by atomic mass is 32.2. The van der Waals surface area contributed by atoms with E-state index in [0.717, 1.165) is 5.75 Å². The van der Waals surface area contributed by atoms with Gasteiger partial charge in [0.1, 0.15) is 0 Å². The quantitative estimate of drug-likeness (QED) is 0.605. The maximum absolute atomic E-state index is 9.16. The number of hydrogen-bond acceptors (Lipinski definition) is 2. The van der Waals surface area contributed by atoms with Crippen LogP contribution in [0.3, 0.4) is 0 Å². The second-order valence-electron chi connectivity index (χ2n) is 2.72. The van der Waals surface area contributed by atoms with Crippen molar-refractivity contribution in [2.24, 2.45) is 5.92 Å². The Morgan fingerprint density at radius 2 is 2.44 bits per heavy atom. The highest BCUT2D eigenvalue weighted by Gasteiger charge is 2.17. The van der Waals surface area contributed by atoms with Gasteiger partial charge in [-0.15, -0.1) is 0 Å². The van der Waals surface area contributed by atoms with Crippen molar-refractivity contribution in [3.8, 4) is 0 Å². The molecule has 0 aromatic carbocycles. The summed E-state index contributed by atoms with van der Waals surface area (Å²) in [4.78, 5) is 0. The van der Waals surface area contributed by atoms with Crippen LogP contribution in [0.4, 0.5) is 0 Å². The number of aliphatic hydroxyl groups is 1. The Morgan fingerprint density at radius 1 is 1.67 bits per heavy atom. The highest BCUT2D eigenvalue weighted by molar-refractivity contribution is 7.99. The van der Waals surface area contributed by atoms with E-state index in [4.69, 9.17) is 5.11 Å². The molecule has 1 heterocycles. The van der Waals surface area contributed by atoms with Gasteiger partial charge in [0.2, 0.25) is 0 Å². The Bertz CT molecular complexity index is 77.0. The molecule has 54 valence electrons. The number of hydrogen-bond donors (Lipinski definition) is 1. The summed E-state index contributed by atoms with van der Waals surface area (Å²) in [5.74, 6) is 3.03. The van der Waals surface area contributed by atoms with Crippen LogP contribution in [0.15, 0.2) is 0 Å². The molecule has 0 bridgehead atoms. The van der Waals surface area contributed by atoms with Crippen LogP contribution in [0.2, 0.25) is 0 Å². The minimum absolute atomic E-state index is 0.0854. The van der Waals surface area contributed by atoms with Crippen molar-refractivity contribution < 1.29 is 5.11 Å². The lowest BCUT2D eigenvalue weighted by Crippen LogP contribution is -2.22. The van der Waals surface area contributed by atoms with E-state index in [9.17, 15) is 0 Å². The molecule has 0 aromatic heterocycles. The van der Waals surface area contributed by atoms with Gasteiger partial charge in [-0.3, -0.25) is 0 Å². The van der Waals surface area contributed by atoms with Crippen LogP contribution in [0.25, 0.3) is 0 Å². The molecule has 2 atom stereocenters. The van der Waals surface area contributed by atoms with Gasteiger partial charge in [-0.25, -0.2) is 0 Å². The van der Waals surface area contributed by atoms with Gasteiger partial charge in [-0.2, -0.15) is 11.8 Å². The minimum atomic E-state index is -0.0854. The minimum Gasteiger partial charge on any atom is -0.393 e. The van der Waals surface area contributed by atoms with Gasteiger partial charge in [-0.1, -0.05) is 0 Å². The maximum atomic E-state index is 9.16. The van der Waals surface area contributed by atoms with Crippen LogP contribution in [0.5, 0.6) is 0 Å². The van der Waals surface area contributed by atoms with E-state index in [2.05, 4.69) is 0 Å². The van der Waals surface area contributed by atoms with Crippen LogP contribution in [0.1, 0.15) is 19.8 Å². The summed E-state index contributed by atoms with van der Waals surface area (Å²) in [6.45, 7) is 1.90. The van der Waals surface area contributed by atoms with Crippen molar-refractivity contribution in [1.82, 2.24) is 0 Å². The molecule has 0 aliphatic carbocycles. The van der Waals surface area contributed by atoms with Crippen LogP contribution in [-0.2, 0) is 0 Å². The molecule has 1 aliphatic heterocycles. The lowest BCUT2D eigenvalue weighted by molar-refractivity contribution is 0.130. The van der Waals surface area contributed by atoms with Gasteiger partial charge in [0.25, 0.3) is 0 Å². The summed E-state index contributed by atoms with van der Waals surface area (Å²) in [6.07, 6.45) is 2.43. The largest absolute Gasteiger partial charge is 0.393 e. The number of rotatable bonds is 1. The zero-order chi connectivity index (χ0) is 6.69. The Balaban J connectivity index is 2.23. The number of aliphatic hydroxyl groups excluding tert-OH is 1. The highest BCUT2D eigenvalue weighted by Crippen LogP contribution is 2.24. The van der Waals surface area contributed by atoms with Crippen molar-refractivity contribution in [2.45, 2.75) is 25.9 Å². The van der Waals surface area contributed by atoms with Gasteiger partial charge in [0, 0.05) is 0 Å². The summed E-state index contributed by atoms with van der Waals surface area (Å²) in [5, 5.41) is 9.16. The molecule has 0 spiro atoms. The summed E-state index contributed by atoms with van der Waals surface area (Å²) in [7, 11) is 0. The third-order valence-corrected chi connectivity index (χ3v) is 3.12. The molecule has 1 saturated heterocycles. The molecule has 2 heteroatoms. The van der Waals surface area contributed by atoms with Crippen LogP contribution in [-0.4, -0.2) is 22.7 Å². The fraction of sp³-hybridized carbons (Fsp3) is 1.00. The summed E-state index contributed by atoms with van der Waals surface area (Å²) in [6, 6.07) is 0. The zero-order valence-electron chi connectivity index (χ0n) is 5.84. The van der Waals surface area contributed by atoms with Crippen LogP contribution < -0.4 is 0 Å². The summed E-state index contributed by atoms with van der Waals surface area (Å²) < 4.78 is 0. The molecule has 1 fully saturated rings. The third kappa shape index (κ3) is 2.18.